The fraction of sp³-hybridized carbons (Fsp3) is 0.167. The van der Waals surface area contributed by atoms with Crippen molar-refractivity contribution < 1.29 is 4.79 Å². The first-order valence-electron chi connectivity index (χ1n) is 4.92. The van der Waals surface area contributed by atoms with Crippen molar-refractivity contribution >= 4 is 5.78 Å². The Hall–Kier alpha value is -2.10. The van der Waals surface area contributed by atoms with E-state index in [4.69, 9.17) is 0 Å². The average molecular weight is 213 g/mol. The van der Waals surface area contributed by atoms with E-state index >= 15 is 0 Å². The van der Waals surface area contributed by atoms with Gasteiger partial charge in [0.25, 0.3) is 0 Å². The van der Waals surface area contributed by atoms with Gasteiger partial charge in [0.2, 0.25) is 0 Å². The Balaban J connectivity index is 2.42. The zero-order valence-electron chi connectivity index (χ0n) is 9.14. The number of hydrogen-bond acceptors (Lipinski definition) is 4. The second-order valence-corrected chi connectivity index (χ2v) is 3.54. The van der Waals surface area contributed by atoms with Crippen molar-refractivity contribution in [2.24, 2.45) is 0 Å². The number of aryl methyl sites for hydroxylation is 2. The van der Waals surface area contributed by atoms with Crippen LogP contribution in [0.1, 0.15) is 27.3 Å². The van der Waals surface area contributed by atoms with Crippen LogP contribution in [0.3, 0.4) is 0 Å². The van der Waals surface area contributed by atoms with Crippen LogP contribution in [0, 0.1) is 13.8 Å². The SMILES string of the molecule is Cc1ccc(C(=O)c2cncnc2)c(C)n1. The Morgan fingerprint density at radius 1 is 1.12 bits per heavy atom. The third-order valence-corrected chi connectivity index (χ3v) is 2.29. The molecule has 16 heavy (non-hydrogen) atoms. The molecule has 0 unspecified atom stereocenters. The monoisotopic (exact) mass is 213 g/mol. The Morgan fingerprint density at radius 3 is 2.44 bits per heavy atom. The van der Waals surface area contributed by atoms with Gasteiger partial charge in [-0.2, -0.15) is 0 Å². The first-order valence-corrected chi connectivity index (χ1v) is 4.92. The van der Waals surface area contributed by atoms with E-state index in [0.717, 1.165) is 11.4 Å². The molecule has 0 N–H and O–H groups in total. The van der Waals surface area contributed by atoms with Gasteiger partial charge in [-0.05, 0) is 26.0 Å². The van der Waals surface area contributed by atoms with Gasteiger partial charge in [0.15, 0.2) is 5.78 Å². The van der Waals surface area contributed by atoms with Crippen LogP contribution in [-0.2, 0) is 0 Å². The molecule has 0 saturated carbocycles. The highest BCUT2D eigenvalue weighted by molar-refractivity contribution is 6.09. The van der Waals surface area contributed by atoms with Gasteiger partial charge in [0.1, 0.15) is 6.33 Å². The van der Waals surface area contributed by atoms with Crippen LogP contribution in [0.2, 0.25) is 0 Å². The predicted molar refractivity (Wildman–Crippen MR) is 59.2 cm³/mol. The Morgan fingerprint density at radius 2 is 1.81 bits per heavy atom. The van der Waals surface area contributed by atoms with E-state index in [1.807, 2.05) is 19.9 Å². The van der Waals surface area contributed by atoms with E-state index in [2.05, 4.69) is 15.0 Å². The average Bonchev–Trinajstić information content (AvgIpc) is 2.29. The molecular weight excluding hydrogens is 202 g/mol. The first-order chi connectivity index (χ1) is 7.68. The van der Waals surface area contributed by atoms with Crippen molar-refractivity contribution in [2.45, 2.75) is 13.8 Å². The van der Waals surface area contributed by atoms with Crippen LogP contribution in [0.5, 0.6) is 0 Å². The van der Waals surface area contributed by atoms with Crippen molar-refractivity contribution in [1.82, 2.24) is 15.0 Å². The lowest BCUT2D eigenvalue weighted by molar-refractivity contribution is 0.103. The van der Waals surface area contributed by atoms with E-state index in [-0.39, 0.29) is 5.78 Å². The summed E-state index contributed by atoms with van der Waals surface area (Å²) in [6, 6.07) is 3.61. The van der Waals surface area contributed by atoms with Gasteiger partial charge >= 0.3 is 0 Å². The Kier molecular flexibility index (Phi) is 2.72. The molecular formula is C12H11N3O. The van der Waals surface area contributed by atoms with Crippen molar-refractivity contribution in [1.29, 1.82) is 0 Å². The molecule has 0 saturated heterocycles. The van der Waals surface area contributed by atoms with Gasteiger partial charge < -0.3 is 0 Å². The van der Waals surface area contributed by atoms with Crippen LogP contribution < -0.4 is 0 Å². The number of hydrogen-bond donors (Lipinski definition) is 0. The number of carbonyl (C=O) groups excluding carboxylic acids is 1. The molecule has 0 aromatic carbocycles. The molecule has 0 amide bonds. The molecule has 2 aromatic rings. The summed E-state index contributed by atoms with van der Waals surface area (Å²) in [6.07, 6.45) is 4.42. The van der Waals surface area contributed by atoms with Crippen molar-refractivity contribution in [3.05, 3.63) is 53.4 Å². The summed E-state index contributed by atoms with van der Waals surface area (Å²) in [4.78, 5) is 24.0. The van der Waals surface area contributed by atoms with Crippen LogP contribution in [-0.4, -0.2) is 20.7 Å². The molecule has 2 rings (SSSR count). The molecule has 4 heteroatoms. The molecule has 0 aliphatic heterocycles. The quantitative estimate of drug-likeness (QED) is 0.713. The van der Waals surface area contributed by atoms with E-state index in [9.17, 15) is 4.79 Å². The van der Waals surface area contributed by atoms with Gasteiger partial charge in [-0.25, -0.2) is 9.97 Å². The number of carbonyl (C=O) groups is 1. The highest BCUT2D eigenvalue weighted by atomic mass is 16.1. The van der Waals surface area contributed by atoms with Crippen molar-refractivity contribution in [2.75, 3.05) is 0 Å². The number of aromatic nitrogens is 3. The Labute approximate surface area is 93.4 Å². The third-order valence-electron chi connectivity index (χ3n) is 2.29. The molecule has 4 nitrogen and oxygen atoms in total. The largest absolute Gasteiger partial charge is 0.288 e. The van der Waals surface area contributed by atoms with E-state index in [0.29, 0.717) is 11.1 Å². The molecule has 0 spiro atoms. The zero-order chi connectivity index (χ0) is 11.5. The summed E-state index contributed by atoms with van der Waals surface area (Å²) < 4.78 is 0. The fourth-order valence-corrected chi connectivity index (χ4v) is 1.50. The molecule has 2 aromatic heterocycles. The van der Waals surface area contributed by atoms with E-state index in [1.54, 1.807) is 6.07 Å². The number of rotatable bonds is 2. The van der Waals surface area contributed by atoms with Crippen LogP contribution in [0.4, 0.5) is 0 Å². The summed E-state index contributed by atoms with van der Waals surface area (Å²) in [7, 11) is 0. The van der Waals surface area contributed by atoms with E-state index in [1.165, 1.54) is 18.7 Å². The second-order valence-electron chi connectivity index (χ2n) is 3.54. The van der Waals surface area contributed by atoms with Gasteiger partial charge in [-0.15, -0.1) is 0 Å². The van der Waals surface area contributed by atoms with E-state index < -0.39 is 0 Å². The first kappa shape index (κ1) is 10.4. The lowest BCUT2D eigenvalue weighted by Gasteiger charge is -2.04. The topological polar surface area (TPSA) is 55.7 Å². The second kappa shape index (κ2) is 4.18. The van der Waals surface area contributed by atoms with Gasteiger partial charge in [0, 0.05) is 29.3 Å². The maximum absolute atomic E-state index is 12.1. The Bertz CT molecular complexity index is 523. The lowest BCUT2D eigenvalue weighted by atomic mass is 10.0. The van der Waals surface area contributed by atoms with Crippen molar-refractivity contribution in [3.8, 4) is 0 Å². The zero-order valence-corrected chi connectivity index (χ0v) is 9.14. The van der Waals surface area contributed by atoms with Gasteiger partial charge in [-0.1, -0.05) is 0 Å². The van der Waals surface area contributed by atoms with Crippen LogP contribution >= 0.6 is 0 Å². The fourth-order valence-electron chi connectivity index (χ4n) is 1.50. The minimum absolute atomic E-state index is 0.0920. The third kappa shape index (κ3) is 1.95. The van der Waals surface area contributed by atoms with Crippen LogP contribution in [0.25, 0.3) is 0 Å². The number of nitrogens with zero attached hydrogens (tertiary/aromatic N) is 3. The molecule has 0 bridgehead atoms. The molecule has 2 heterocycles. The molecule has 0 radical (unpaired) electrons. The smallest absolute Gasteiger partial charge is 0.197 e. The summed E-state index contributed by atoms with van der Waals surface area (Å²) in [6.45, 7) is 3.72. The summed E-state index contributed by atoms with van der Waals surface area (Å²) in [5.74, 6) is -0.0920. The molecule has 0 aliphatic rings. The van der Waals surface area contributed by atoms with Gasteiger partial charge in [-0.3, -0.25) is 9.78 Å². The maximum Gasteiger partial charge on any atom is 0.197 e. The highest BCUT2D eigenvalue weighted by Gasteiger charge is 2.12. The summed E-state index contributed by atoms with van der Waals surface area (Å²) in [5.41, 5.74) is 2.71. The van der Waals surface area contributed by atoms with Crippen LogP contribution in [0.15, 0.2) is 30.9 Å². The number of ketones is 1. The molecule has 0 atom stereocenters. The predicted octanol–water partition coefficient (Wildman–Crippen LogP) is 1.72. The lowest BCUT2D eigenvalue weighted by Crippen LogP contribution is -2.06. The minimum Gasteiger partial charge on any atom is -0.288 e. The summed E-state index contributed by atoms with van der Waals surface area (Å²) in [5, 5.41) is 0. The standard InChI is InChI=1S/C12H11N3O/c1-8-3-4-11(9(2)15-8)12(16)10-5-13-7-14-6-10/h3-7H,1-2H3. The molecule has 0 aliphatic carbocycles. The molecule has 80 valence electrons. The summed E-state index contributed by atoms with van der Waals surface area (Å²) >= 11 is 0. The van der Waals surface area contributed by atoms with Gasteiger partial charge in [0.05, 0.1) is 5.56 Å². The molecule has 0 fully saturated rings. The number of pyridine rings is 1. The highest BCUT2D eigenvalue weighted by Crippen LogP contribution is 2.11. The maximum atomic E-state index is 12.1. The normalized spacial score (nSPS) is 10.1. The minimum atomic E-state index is -0.0920. The van der Waals surface area contributed by atoms with Crippen molar-refractivity contribution in [3.63, 3.8) is 0 Å².